The summed E-state index contributed by atoms with van der Waals surface area (Å²) in [5, 5.41) is 10.4. The molecule has 2 unspecified atom stereocenters. The molecule has 0 bridgehead atoms. The van der Waals surface area contributed by atoms with Crippen LogP contribution < -0.4 is 15.1 Å². The van der Waals surface area contributed by atoms with Crippen LogP contribution in [0.2, 0.25) is 0 Å². The predicted molar refractivity (Wildman–Crippen MR) is 115 cm³/mol. The minimum absolute atomic E-state index is 0.0480. The maximum Gasteiger partial charge on any atom is 0.453 e. The molecule has 1 aliphatic heterocycles. The lowest BCUT2D eigenvalue weighted by Crippen LogP contribution is -3.14. The summed E-state index contributed by atoms with van der Waals surface area (Å²) in [6, 6.07) is 8.83. The Kier molecular flexibility index (Phi) is 6.11. The summed E-state index contributed by atoms with van der Waals surface area (Å²) in [6.45, 7) is 7.03. The van der Waals surface area contributed by atoms with Crippen LogP contribution in [0, 0.1) is 6.92 Å². The van der Waals surface area contributed by atoms with Gasteiger partial charge in [-0.15, -0.1) is 0 Å². The van der Waals surface area contributed by atoms with Crippen molar-refractivity contribution in [1.82, 2.24) is 0 Å². The van der Waals surface area contributed by atoms with Gasteiger partial charge in [0.2, 0.25) is 11.2 Å². The van der Waals surface area contributed by atoms with Crippen LogP contribution in [0.15, 0.2) is 45.6 Å². The summed E-state index contributed by atoms with van der Waals surface area (Å²) in [7, 11) is 0. The quantitative estimate of drug-likeness (QED) is 0.615. The van der Waals surface area contributed by atoms with E-state index in [1.54, 1.807) is 12.1 Å². The lowest BCUT2D eigenvalue weighted by molar-refractivity contribution is -0.928. The smallest absolute Gasteiger partial charge is 0.453 e. The van der Waals surface area contributed by atoms with Crippen molar-refractivity contribution >= 4 is 11.0 Å². The maximum absolute atomic E-state index is 13.9. The minimum Gasteiger partial charge on any atom is -0.507 e. The molecule has 9 heteroatoms. The molecule has 6 nitrogen and oxygen atoms in total. The molecule has 2 atom stereocenters. The van der Waals surface area contributed by atoms with Crippen molar-refractivity contribution in [1.29, 1.82) is 0 Å². The number of morpholine rings is 1. The summed E-state index contributed by atoms with van der Waals surface area (Å²) < 4.78 is 58.1. The van der Waals surface area contributed by atoms with Crippen LogP contribution in [0.25, 0.3) is 11.0 Å². The van der Waals surface area contributed by atoms with Gasteiger partial charge < -0.3 is 23.9 Å². The zero-order chi connectivity index (χ0) is 23.9. The number of quaternary nitrogens is 1. The fourth-order valence-electron chi connectivity index (χ4n) is 4.24. The number of aryl methyl sites for hydroxylation is 1. The van der Waals surface area contributed by atoms with Crippen molar-refractivity contribution in [2.24, 2.45) is 0 Å². The van der Waals surface area contributed by atoms with E-state index in [0.29, 0.717) is 13.1 Å². The van der Waals surface area contributed by atoms with Gasteiger partial charge in [-0.2, -0.15) is 13.2 Å². The highest BCUT2D eigenvalue weighted by atomic mass is 19.4. The molecule has 176 valence electrons. The third-order valence-corrected chi connectivity index (χ3v) is 5.64. The molecule has 0 saturated carbocycles. The van der Waals surface area contributed by atoms with Gasteiger partial charge >= 0.3 is 6.18 Å². The zero-order valence-electron chi connectivity index (χ0n) is 18.5. The Labute approximate surface area is 188 Å². The van der Waals surface area contributed by atoms with Crippen LogP contribution in [0.4, 0.5) is 13.2 Å². The molecular weight excluding hydrogens is 439 g/mol. The van der Waals surface area contributed by atoms with Crippen LogP contribution in [-0.2, 0) is 17.5 Å². The average Bonchev–Trinajstić information content (AvgIpc) is 2.72. The average molecular weight is 464 g/mol. The Hall–Kier alpha value is -3.04. The number of halogens is 3. The van der Waals surface area contributed by atoms with E-state index in [0.717, 1.165) is 10.5 Å². The summed E-state index contributed by atoms with van der Waals surface area (Å²) in [6.07, 6.45) is -5.08. The summed E-state index contributed by atoms with van der Waals surface area (Å²) >= 11 is 0. The lowest BCUT2D eigenvalue weighted by atomic mass is 10.1. The van der Waals surface area contributed by atoms with Gasteiger partial charge in [-0.05, 0) is 45.0 Å². The van der Waals surface area contributed by atoms with E-state index in [1.807, 2.05) is 20.8 Å². The molecule has 0 amide bonds. The first kappa shape index (κ1) is 23.1. The zero-order valence-corrected chi connectivity index (χ0v) is 18.5. The van der Waals surface area contributed by atoms with Crippen molar-refractivity contribution < 1.29 is 37.1 Å². The standard InChI is InChI=1S/C24H24F3NO5/c1-13-4-6-16(7-5-13)32-22-20(30)17-8-9-19(29)18(21(17)33-23(22)24(25,26)27)12-28-10-14(2)31-15(3)11-28/h4-9,14-15,29H,10-12H2,1-3H3/p+1. The number of phenolic OH excluding ortho intramolecular Hbond substituents is 1. The molecular formula is C24H25F3NO5+. The largest absolute Gasteiger partial charge is 0.507 e. The second-order valence-corrected chi connectivity index (χ2v) is 8.53. The monoisotopic (exact) mass is 464 g/mol. The summed E-state index contributed by atoms with van der Waals surface area (Å²) in [5.41, 5.74) is -0.210. The maximum atomic E-state index is 13.9. The molecule has 1 saturated heterocycles. The highest BCUT2D eigenvalue weighted by molar-refractivity contribution is 5.83. The number of aromatic hydroxyl groups is 1. The highest BCUT2D eigenvalue weighted by Gasteiger charge is 2.41. The second-order valence-electron chi connectivity index (χ2n) is 8.53. The van der Waals surface area contributed by atoms with Crippen molar-refractivity contribution in [3.8, 4) is 17.2 Å². The fraction of sp³-hybridized carbons (Fsp3) is 0.375. The first-order chi connectivity index (χ1) is 15.5. The summed E-state index contributed by atoms with van der Waals surface area (Å²) in [4.78, 5) is 14.1. The predicted octanol–water partition coefficient (Wildman–Crippen LogP) is 3.81. The van der Waals surface area contributed by atoms with Crippen molar-refractivity contribution in [3.63, 3.8) is 0 Å². The molecule has 3 aromatic rings. The van der Waals surface area contributed by atoms with Gasteiger partial charge in [0.1, 0.15) is 43.3 Å². The van der Waals surface area contributed by atoms with E-state index < -0.39 is 23.1 Å². The van der Waals surface area contributed by atoms with Crippen LogP contribution in [0.3, 0.4) is 0 Å². The van der Waals surface area contributed by atoms with Crippen molar-refractivity contribution in [2.75, 3.05) is 13.1 Å². The molecule has 4 rings (SSSR count). The Balaban J connectivity index is 1.84. The lowest BCUT2D eigenvalue weighted by Gasteiger charge is -2.32. The van der Waals surface area contributed by atoms with E-state index in [2.05, 4.69) is 0 Å². The molecule has 1 aliphatic rings. The van der Waals surface area contributed by atoms with Gasteiger partial charge in [0, 0.05) is 0 Å². The van der Waals surface area contributed by atoms with Gasteiger partial charge in [-0.3, -0.25) is 4.79 Å². The number of benzene rings is 2. The van der Waals surface area contributed by atoms with Gasteiger partial charge in [0.05, 0.1) is 10.9 Å². The van der Waals surface area contributed by atoms with E-state index in [9.17, 15) is 23.1 Å². The molecule has 33 heavy (non-hydrogen) atoms. The molecule has 2 heterocycles. The topological polar surface area (TPSA) is 73.3 Å². The highest BCUT2D eigenvalue weighted by Crippen LogP contribution is 2.39. The van der Waals surface area contributed by atoms with Gasteiger partial charge in [0.25, 0.3) is 5.76 Å². The molecule has 2 aromatic carbocycles. The molecule has 1 aromatic heterocycles. The second kappa shape index (κ2) is 8.72. The first-order valence-corrected chi connectivity index (χ1v) is 10.7. The van der Waals surface area contributed by atoms with E-state index in [4.69, 9.17) is 13.9 Å². The number of ether oxygens (including phenoxy) is 2. The Morgan fingerprint density at radius 1 is 1.09 bits per heavy atom. The third-order valence-electron chi connectivity index (χ3n) is 5.64. The van der Waals surface area contributed by atoms with Gasteiger partial charge in [-0.1, -0.05) is 17.7 Å². The SMILES string of the molecule is Cc1ccc(Oc2c(C(F)(F)F)oc3c(C[NH+]4CC(C)OC(C)C4)c(O)ccc3c2=O)cc1. The number of alkyl halides is 3. The van der Waals surface area contributed by atoms with Gasteiger partial charge in [-0.25, -0.2) is 0 Å². The number of hydrogen-bond acceptors (Lipinski definition) is 5. The molecule has 0 aliphatic carbocycles. The van der Waals surface area contributed by atoms with E-state index >= 15 is 0 Å². The number of rotatable bonds is 4. The third kappa shape index (κ3) is 4.84. The van der Waals surface area contributed by atoms with Crippen molar-refractivity contribution in [2.45, 2.75) is 45.7 Å². The fourth-order valence-corrected chi connectivity index (χ4v) is 4.24. The van der Waals surface area contributed by atoms with Gasteiger partial charge in [0.15, 0.2) is 5.58 Å². The number of fused-ring (bicyclic) bond motifs is 1. The van der Waals surface area contributed by atoms with Crippen LogP contribution in [0.5, 0.6) is 17.2 Å². The Bertz CT molecular complexity index is 1210. The van der Waals surface area contributed by atoms with E-state index in [1.165, 1.54) is 24.3 Å². The molecule has 1 fully saturated rings. The van der Waals surface area contributed by atoms with Crippen LogP contribution in [0.1, 0.15) is 30.7 Å². The first-order valence-electron chi connectivity index (χ1n) is 10.7. The van der Waals surface area contributed by atoms with E-state index in [-0.39, 0.29) is 46.8 Å². The minimum atomic E-state index is -4.98. The Morgan fingerprint density at radius 3 is 2.33 bits per heavy atom. The molecule has 2 N–H and O–H groups in total. The van der Waals surface area contributed by atoms with Crippen molar-refractivity contribution in [3.05, 3.63) is 63.5 Å². The molecule has 0 radical (unpaired) electrons. The van der Waals surface area contributed by atoms with Crippen LogP contribution in [-0.4, -0.2) is 30.4 Å². The van der Waals surface area contributed by atoms with Crippen LogP contribution >= 0.6 is 0 Å². The number of nitrogens with one attached hydrogen (secondary N) is 1. The summed E-state index contributed by atoms with van der Waals surface area (Å²) in [5.74, 6) is -2.62. The number of hydrogen-bond donors (Lipinski definition) is 2. The normalized spacial score (nSPS) is 21.3. The molecule has 0 spiro atoms. The number of phenols is 1. The Morgan fingerprint density at radius 2 is 1.73 bits per heavy atom.